The van der Waals surface area contributed by atoms with Crippen LogP contribution in [-0.4, -0.2) is 22.9 Å². The Kier molecular flexibility index (Phi) is 2.68. The first kappa shape index (κ1) is 8.75. The molecule has 0 aliphatic heterocycles. The van der Waals surface area contributed by atoms with Crippen LogP contribution in [0, 0.1) is 5.92 Å². The van der Waals surface area contributed by atoms with Gasteiger partial charge in [0, 0.05) is 6.61 Å². The Morgan fingerprint density at radius 3 is 2.55 bits per heavy atom. The van der Waals surface area contributed by atoms with E-state index < -0.39 is 0 Å². The van der Waals surface area contributed by atoms with Crippen LogP contribution in [-0.2, 0) is 0 Å². The SMILES string of the molecule is CC1=C(C)C(O)CC(CO)C1. The first-order valence-corrected chi connectivity index (χ1v) is 4.10. The Balaban J connectivity index is 2.68. The van der Waals surface area contributed by atoms with Crippen molar-refractivity contribution in [3.63, 3.8) is 0 Å². The molecule has 2 N–H and O–H groups in total. The van der Waals surface area contributed by atoms with Crippen LogP contribution in [0.25, 0.3) is 0 Å². The highest BCUT2D eigenvalue weighted by molar-refractivity contribution is 5.18. The van der Waals surface area contributed by atoms with Crippen LogP contribution in [0.5, 0.6) is 0 Å². The highest BCUT2D eigenvalue weighted by atomic mass is 16.3. The van der Waals surface area contributed by atoms with Crippen LogP contribution in [0.4, 0.5) is 0 Å². The van der Waals surface area contributed by atoms with Crippen molar-refractivity contribution in [2.45, 2.75) is 32.8 Å². The van der Waals surface area contributed by atoms with Gasteiger partial charge < -0.3 is 10.2 Å². The molecular weight excluding hydrogens is 140 g/mol. The van der Waals surface area contributed by atoms with Gasteiger partial charge in [-0.25, -0.2) is 0 Å². The summed E-state index contributed by atoms with van der Waals surface area (Å²) in [5.74, 6) is 0.272. The molecule has 0 radical (unpaired) electrons. The fraction of sp³-hybridized carbons (Fsp3) is 0.778. The summed E-state index contributed by atoms with van der Waals surface area (Å²) in [5.41, 5.74) is 2.33. The molecule has 1 rings (SSSR count). The highest BCUT2D eigenvalue weighted by Crippen LogP contribution is 2.28. The largest absolute Gasteiger partial charge is 0.396 e. The minimum atomic E-state index is -0.319. The molecule has 0 saturated carbocycles. The lowest BCUT2D eigenvalue weighted by Crippen LogP contribution is -2.23. The smallest absolute Gasteiger partial charge is 0.0753 e. The second-order valence-corrected chi connectivity index (χ2v) is 3.47. The Hall–Kier alpha value is -0.340. The van der Waals surface area contributed by atoms with Gasteiger partial charge in [0.15, 0.2) is 0 Å². The second kappa shape index (κ2) is 3.37. The third-order valence-electron chi connectivity index (χ3n) is 2.58. The minimum absolute atomic E-state index is 0.196. The highest BCUT2D eigenvalue weighted by Gasteiger charge is 2.22. The number of hydrogen-bond acceptors (Lipinski definition) is 2. The van der Waals surface area contributed by atoms with E-state index in [-0.39, 0.29) is 18.6 Å². The summed E-state index contributed by atoms with van der Waals surface area (Å²) in [5, 5.41) is 18.4. The fourth-order valence-electron chi connectivity index (χ4n) is 1.59. The van der Waals surface area contributed by atoms with Crippen LogP contribution in [0.1, 0.15) is 26.7 Å². The number of aliphatic hydroxyl groups is 2. The van der Waals surface area contributed by atoms with Crippen molar-refractivity contribution < 1.29 is 10.2 Å². The first-order valence-electron chi connectivity index (χ1n) is 4.10. The van der Waals surface area contributed by atoms with E-state index in [4.69, 9.17) is 5.11 Å². The lowest BCUT2D eigenvalue weighted by Gasteiger charge is -2.26. The van der Waals surface area contributed by atoms with E-state index in [9.17, 15) is 5.11 Å². The van der Waals surface area contributed by atoms with E-state index in [1.807, 2.05) is 13.8 Å². The molecule has 64 valence electrons. The van der Waals surface area contributed by atoms with Crippen molar-refractivity contribution in [1.29, 1.82) is 0 Å². The molecule has 0 aromatic rings. The van der Waals surface area contributed by atoms with Crippen LogP contribution >= 0.6 is 0 Å². The van der Waals surface area contributed by atoms with Gasteiger partial charge in [-0.15, -0.1) is 0 Å². The van der Waals surface area contributed by atoms with Gasteiger partial charge in [-0.1, -0.05) is 5.57 Å². The molecule has 11 heavy (non-hydrogen) atoms. The molecule has 0 heterocycles. The molecule has 0 saturated heterocycles. The molecule has 2 heteroatoms. The predicted octanol–water partition coefficient (Wildman–Crippen LogP) is 1.09. The minimum Gasteiger partial charge on any atom is -0.396 e. The number of hydrogen-bond donors (Lipinski definition) is 2. The Labute approximate surface area is 67.6 Å². The monoisotopic (exact) mass is 156 g/mol. The van der Waals surface area contributed by atoms with Crippen molar-refractivity contribution in [2.75, 3.05) is 6.61 Å². The zero-order valence-corrected chi connectivity index (χ0v) is 7.17. The maximum Gasteiger partial charge on any atom is 0.0753 e. The predicted molar refractivity (Wildman–Crippen MR) is 44.2 cm³/mol. The maximum absolute atomic E-state index is 9.48. The van der Waals surface area contributed by atoms with Crippen molar-refractivity contribution >= 4 is 0 Å². The molecular formula is C9H16O2. The first-order chi connectivity index (χ1) is 5.15. The second-order valence-electron chi connectivity index (χ2n) is 3.47. The van der Waals surface area contributed by atoms with Crippen molar-refractivity contribution in [2.24, 2.45) is 5.92 Å². The van der Waals surface area contributed by atoms with Gasteiger partial charge in [0.2, 0.25) is 0 Å². The number of allylic oxidation sites excluding steroid dienone is 1. The zero-order chi connectivity index (χ0) is 8.43. The standard InChI is InChI=1S/C9H16O2/c1-6-3-8(5-10)4-9(11)7(6)2/h8-11H,3-5H2,1-2H3. The fourth-order valence-corrected chi connectivity index (χ4v) is 1.59. The van der Waals surface area contributed by atoms with E-state index in [0.29, 0.717) is 0 Å². The molecule has 1 aliphatic carbocycles. The molecule has 0 aromatic carbocycles. The van der Waals surface area contributed by atoms with Gasteiger partial charge in [-0.05, 0) is 38.2 Å². The molecule has 2 unspecified atom stereocenters. The maximum atomic E-state index is 9.48. The van der Waals surface area contributed by atoms with Gasteiger partial charge in [0.25, 0.3) is 0 Å². The lowest BCUT2D eigenvalue weighted by molar-refractivity contribution is 0.127. The average molecular weight is 156 g/mol. The van der Waals surface area contributed by atoms with Gasteiger partial charge in [-0.2, -0.15) is 0 Å². The Bertz CT molecular complexity index is 172. The summed E-state index contributed by atoms with van der Waals surface area (Å²) in [4.78, 5) is 0. The third-order valence-corrected chi connectivity index (χ3v) is 2.58. The average Bonchev–Trinajstić information content (AvgIpc) is 1.99. The van der Waals surface area contributed by atoms with E-state index >= 15 is 0 Å². The molecule has 0 aromatic heterocycles. The van der Waals surface area contributed by atoms with Crippen molar-refractivity contribution in [1.82, 2.24) is 0 Å². The number of rotatable bonds is 1. The molecule has 2 nitrogen and oxygen atoms in total. The van der Waals surface area contributed by atoms with Crippen molar-refractivity contribution in [3.8, 4) is 0 Å². The topological polar surface area (TPSA) is 40.5 Å². The summed E-state index contributed by atoms with van der Waals surface area (Å²) < 4.78 is 0. The molecule has 0 amide bonds. The van der Waals surface area contributed by atoms with Crippen LogP contribution < -0.4 is 0 Å². The van der Waals surface area contributed by atoms with E-state index in [2.05, 4.69) is 0 Å². The zero-order valence-electron chi connectivity index (χ0n) is 7.17. The molecule has 0 spiro atoms. The molecule has 1 aliphatic rings. The van der Waals surface area contributed by atoms with E-state index in [0.717, 1.165) is 18.4 Å². The van der Waals surface area contributed by atoms with Gasteiger partial charge in [-0.3, -0.25) is 0 Å². The van der Waals surface area contributed by atoms with Gasteiger partial charge in [0.05, 0.1) is 6.10 Å². The van der Waals surface area contributed by atoms with Gasteiger partial charge >= 0.3 is 0 Å². The van der Waals surface area contributed by atoms with E-state index in [1.165, 1.54) is 5.57 Å². The summed E-state index contributed by atoms with van der Waals surface area (Å²) in [6.07, 6.45) is 1.35. The normalized spacial score (nSPS) is 32.7. The van der Waals surface area contributed by atoms with Gasteiger partial charge in [0.1, 0.15) is 0 Å². The third kappa shape index (κ3) is 1.82. The summed E-state index contributed by atoms with van der Waals surface area (Å²) >= 11 is 0. The Morgan fingerprint density at radius 1 is 1.45 bits per heavy atom. The molecule has 2 atom stereocenters. The van der Waals surface area contributed by atoms with Crippen LogP contribution in [0.15, 0.2) is 11.1 Å². The van der Waals surface area contributed by atoms with E-state index in [1.54, 1.807) is 0 Å². The summed E-state index contributed by atoms with van der Waals surface area (Å²) in [7, 11) is 0. The quantitative estimate of drug-likeness (QED) is 0.558. The van der Waals surface area contributed by atoms with Crippen LogP contribution in [0.3, 0.4) is 0 Å². The summed E-state index contributed by atoms with van der Waals surface area (Å²) in [6.45, 7) is 4.19. The summed E-state index contributed by atoms with van der Waals surface area (Å²) in [6, 6.07) is 0. The molecule has 0 bridgehead atoms. The van der Waals surface area contributed by atoms with Crippen molar-refractivity contribution in [3.05, 3.63) is 11.1 Å². The molecule has 0 fully saturated rings. The lowest BCUT2D eigenvalue weighted by atomic mass is 9.84. The number of aliphatic hydroxyl groups excluding tert-OH is 2. The van der Waals surface area contributed by atoms with Crippen LogP contribution in [0.2, 0.25) is 0 Å². The Morgan fingerprint density at radius 2 is 2.09 bits per heavy atom.